The highest BCUT2D eigenvalue weighted by Gasteiger charge is 2.43. The number of carbonyl (C=O) groups is 12. The summed E-state index contributed by atoms with van der Waals surface area (Å²) < 4.78 is 17.4. The van der Waals surface area contributed by atoms with Gasteiger partial charge in [-0.3, -0.25) is 52.8 Å². The van der Waals surface area contributed by atoms with E-state index in [1.807, 2.05) is 19.9 Å². The number of methoxy groups -OCH3 is 2. The number of likely N-dealkylation sites (tertiary alicyclic amines) is 1. The van der Waals surface area contributed by atoms with E-state index in [0.717, 1.165) is 34.4 Å². The van der Waals surface area contributed by atoms with Gasteiger partial charge in [0.1, 0.15) is 24.7 Å². The van der Waals surface area contributed by atoms with Crippen LogP contribution in [0, 0.1) is 23.7 Å². The number of anilines is 1. The molecule has 2 aromatic rings. The van der Waals surface area contributed by atoms with Gasteiger partial charge in [0.2, 0.25) is 59.1 Å². The van der Waals surface area contributed by atoms with Crippen LogP contribution in [0.4, 0.5) is 10.5 Å². The van der Waals surface area contributed by atoms with Crippen LogP contribution in [0.5, 0.6) is 0 Å². The van der Waals surface area contributed by atoms with Gasteiger partial charge in [-0.05, 0) is 66.0 Å². The number of nitrogens with one attached hydrogen (secondary N) is 5. The Morgan fingerprint density at radius 3 is 1.89 bits per heavy atom. The number of carboxylic acid groups (broad SMARTS) is 1. The van der Waals surface area contributed by atoms with Crippen LogP contribution >= 0.6 is 11.8 Å². The van der Waals surface area contributed by atoms with E-state index in [2.05, 4.69) is 39.7 Å². The molecule has 4 rings (SSSR count). The lowest BCUT2D eigenvalue weighted by Gasteiger charge is -2.41. The number of hydrogen-bond donors (Lipinski definition) is 6. The quantitative estimate of drug-likeness (QED) is 0.0426. The van der Waals surface area contributed by atoms with Crippen LogP contribution in [0.1, 0.15) is 91.7 Å². The third-order valence-electron chi connectivity index (χ3n) is 16.6. The second-order valence-electron chi connectivity index (χ2n) is 23.9. The molecule has 9 atom stereocenters. The average Bonchev–Trinajstić information content (AvgIpc) is 1.87. The third-order valence-corrected chi connectivity index (χ3v) is 17.5. The Bertz CT molecular complexity index is 2910. The average molecular weight is 1320 g/mol. The molecule has 28 heteroatoms. The Kier molecular flexibility index (Phi) is 31.5. The number of aliphatic carboxylic acids is 1. The molecule has 11 amide bonds. The van der Waals surface area contributed by atoms with E-state index in [1.54, 1.807) is 95.1 Å². The van der Waals surface area contributed by atoms with Gasteiger partial charge in [0.25, 0.3) is 0 Å². The minimum Gasteiger partial charge on any atom is -0.480 e. The number of thioether (sulfide) groups is 1. The van der Waals surface area contributed by atoms with E-state index in [9.17, 15) is 62.6 Å². The predicted octanol–water partition coefficient (Wildman–Crippen LogP) is 3.19. The molecular formula is C65H95N11O16S. The normalized spacial score (nSPS) is 16.5. The number of amides is 11. The number of nitrogens with zero attached hydrogens (tertiary/aromatic N) is 6. The van der Waals surface area contributed by atoms with Crippen molar-refractivity contribution in [3.63, 3.8) is 0 Å². The lowest BCUT2D eigenvalue weighted by atomic mass is 9.90. The van der Waals surface area contributed by atoms with Crippen LogP contribution in [0.25, 0.3) is 0 Å². The topological polar surface area (TPSA) is 332 Å². The van der Waals surface area contributed by atoms with Crippen molar-refractivity contribution in [2.75, 3.05) is 84.8 Å². The van der Waals surface area contributed by atoms with Gasteiger partial charge in [-0.15, -0.1) is 0 Å². The summed E-state index contributed by atoms with van der Waals surface area (Å²) >= 11 is 1.16. The van der Waals surface area contributed by atoms with Gasteiger partial charge in [-0.25, -0.2) is 9.59 Å². The number of hydrogen-bond acceptors (Lipinski definition) is 16. The van der Waals surface area contributed by atoms with Gasteiger partial charge >= 0.3 is 12.1 Å². The van der Waals surface area contributed by atoms with Gasteiger partial charge < -0.3 is 70.4 Å². The number of carboxylic acids is 1. The molecule has 2 aliphatic rings. The molecule has 0 radical (unpaired) electrons. The Morgan fingerprint density at radius 1 is 0.720 bits per heavy atom. The van der Waals surface area contributed by atoms with E-state index in [0.29, 0.717) is 37.1 Å². The largest absolute Gasteiger partial charge is 0.480 e. The van der Waals surface area contributed by atoms with Gasteiger partial charge in [-0.2, -0.15) is 11.8 Å². The lowest BCUT2D eigenvalue weighted by Crippen LogP contribution is -2.59. The highest BCUT2D eigenvalue weighted by molar-refractivity contribution is 7.99. The maximum absolute atomic E-state index is 14.3. The smallest absolute Gasteiger partial charge is 0.410 e. The van der Waals surface area contributed by atoms with E-state index in [1.165, 1.54) is 40.9 Å². The molecule has 27 nitrogen and oxygen atoms in total. The number of likely N-dealkylation sites (N-methyl/N-ethyl adjacent to an activating group) is 2. The Morgan fingerprint density at radius 2 is 1.33 bits per heavy atom. The van der Waals surface area contributed by atoms with Crippen LogP contribution in [0.3, 0.4) is 0 Å². The van der Waals surface area contributed by atoms with Gasteiger partial charge in [0.05, 0.1) is 75.5 Å². The molecule has 0 bridgehead atoms. The molecule has 2 fully saturated rings. The summed E-state index contributed by atoms with van der Waals surface area (Å²) in [5, 5.41) is 23.2. The van der Waals surface area contributed by atoms with E-state index in [-0.39, 0.29) is 81.0 Å². The van der Waals surface area contributed by atoms with E-state index < -0.39 is 127 Å². The summed E-state index contributed by atoms with van der Waals surface area (Å²) in [4.78, 5) is 166. The Balaban J connectivity index is 1.24. The van der Waals surface area contributed by atoms with Gasteiger partial charge in [0.15, 0.2) is 0 Å². The maximum atomic E-state index is 14.3. The van der Waals surface area contributed by atoms with Crippen LogP contribution < -0.4 is 26.6 Å². The van der Waals surface area contributed by atoms with E-state index >= 15 is 0 Å². The van der Waals surface area contributed by atoms with Crippen molar-refractivity contribution >= 4 is 88.6 Å². The first-order valence-electron chi connectivity index (χ1n) is 31.1. The minimum atomic E-state index is -1.19. The highest BCUT2D eigenvalue weighted by Crippen LogP contribution is 2.30. The van der Waals surface area contributed by atoms with Gasteiger partial charge in [0, 0.05) is 59.1 Å². The first-order chi connectivity index (χ1) is 44.1. The van der Waals surface area contributed by atoms with Crippen molar-refractivity contribution in [1.82, 2.24) is 50.7 Å². The number of benzene rings is 2. The first-order valence-corrected chi connectivity index (χ1v) is 32.3. The zero-order valence-corrected chi connectivity index (χ0v) is 56.2. The first kappa shape index (κ1) is 77.1. The molecule has 2 saturated heterocycles. The van der Waals surface area contributed by atoms with Crippen molar-refractivity contribution in [2.24, 2.45) is 23.7 Å². The van der Waals surface area contributed by atoms with Crippen LogP contribution in [-0.2, 0) is 80.0 Å². The molecule has 0 aliphatic carbocycles. The number of carbonyl (C=O) groups excluding carboxylic acids is 11. The summed E-state index contributed by atoms with van der Waals surface area (Å²) in [7, 11) is 5.90. The standard InChI is InChI=1S/C65H95N11O16S/c1-14-42(8)59(49(90-12)32-55(82)76-29-20-23-48(76)60(91-13)43(9)61(84)69-47(64(87)88)31-44-21-18-17-19-22-44)71(10)56(83)34-67-63(86)58(41(6)7)72(11)65(89)92-35-45-24-26-46(27-25-45)68-50(77)33-66-62(85)57(40(4)5)70-51(78)36-93-30-28-54(81)75-38-73(52(79)15-2)37-74(39-75)53(80)16-3/h15-19,21-22,24-27,40-43,47-49,57-60H,2-3,14,20,23,28-39H2,1,4-13H3,(H,66,85)(H,67,86)(H,68,77)(H,69,84)(H,70,78)(H,87,88)/t42-,43+,47-,48-,49+,57?,58?,59-,60+/m0/s1. The summed E-state index contributed by atoms with van der Waals surface area (Å²) in [5.74, 6) is -7.59. The molecule has 2 unspecified atom stereocenters. The predicted molar refractivity (Wildman–Crippen MR) is 348 cm³/mol. The van der Waals surface area contributed by atoms with Crippen molar-refractivity contribution < 1.29 is 76.9 Å². The third kappa shape index (κ3) is 23.0. The second-order valence-corrected chi connectivity index (χ2v) is 25.0. The maximum Gasteiger partial charge on any atom is 0.410 e. The van der Waals surface area contributed by atoms with Crippen molar-refractivity contribution in [3.05, 3.63) is 91.0 Å². The molecular weight excluding hydrogens is 1220 g/mol. The molecule has 93 heavy (non-hydrogen) atoms. The minimum absolute atomic E-state index is 0.00781. The fourth-order valence-corrected chi connectivity index (χ4v) is 11.9. The zero-order valence-electron chi connectivity index (χ0n) is 55.4. The molecule has 6 N–H and O–H groups in total. The summed E-state index contributed by atoms with van der Waals surface area (Å²) in [6.45, 7) is 18.6. The van der Waals surface area contributed by atoms with Crippen LogP contribution in [-0.4, -0.2) is 228 Å². The monoisotopic (exact) mass is 1320 g/mol. The van der Waals surface area contributed by atoms with Crippen molar-refractivity contribution in [1.29, 1.82) is 0 Å². The second kappa shape index (κ2) is 38.0. The van der Waals surface area contributed by atoms with Gasteiger partial charge in [-0.1, -0.05) is 111 Å². The SMILES string of the molecule is C=CC(=O)N1CN(C(=O)C=C)CN(C(=O)CCSCC(=O)NC(C(=O)NCC(=O)Nc2ccc(COC(=O)N(C)C(C(=O)NCC(=O)N(C)[C@@H]([C@@H](C)CC)[C@@H](CC(=O)N3CCC[C@H]3[C@H](OC)[C@@H](C)C(=O)N[C@@H](Cc3ccccc3)C(=O)O)OC)C(C)C)cc2)C(C)C)C1. The Hall–Kier alpha value is -8.37. The zero-order chi connectivity index (χ0) is 69.2. The van der Waals surface area contributed by atoms with Crippen molar-refractivity contribution in [3.8, 4) is 0 Å². The van der Waals surface area contributed by atoms with Crippen LogP contribution in [0.2, 0.25) is 0 Å². The fourth-order valence-electron chi connectivity index (χ4n) is 11.2. The fraction of sp³-hybridized carbons (Fsp3) is 0.569. The number of ether oxygens (including phenoxy) is 3. The molecule has 512 valence electrons. The number of rotatable bonds is 35. The molecule has 0 saturated carbocycles. The summed E-state index contributed by atoms with van der Waals surface area (Å²) in [6.07, 6.45) is 1.54. The molecule has 2 aromatic carbocycles. The molecule has 0 spiro atoms. The van der Waals surface area contributed by atoms with Crippen LogP contribution in [0.15, 0.2) is 79.9 Å². The lowest BCUT2D eigenvalue weighted by molar-refractivity contribution is -0.154. The van der Waals surface area contributed by atoms with E-state index in [4.69, 9.17) is 14.2 Å². The molecule has 2 heterocycles. The summed E-state index contributed by atoms with van der Waals surface area (Å²) in [6, 6.07) is 10.9. The molecule has 0 aromatic heterocycles. The van der Waals surface area contributed by atoms with Crippen molar-refractivity contribution in [2.45, 2.75) is 136 Å². The Labute approximate surface area is 549 Å². The molecule has 2 aliphatic heterocycles. The highest BCUT2D eigenvalue weighted by atomic mass is 32.2. The summed E-state index contributed by atoms with van der Waals surface area (Å²) in [5.41, 5.74) is 1.65.